The summed E-state index contributed by atoms with van der Waals surface area (Å²) in [6.45, 7) is 0. The number of nitrogens with zero attached hydrogens (tertiary/aromatic N) is 1. The van der Waals surface area contributed by atoms with Crippen LogP contribution in [0.25, 0.3) is 0 Å². The minimum Gasteiger partial charge on any atom is -0.494 e. The third-order valence-corrected chi connectivity index (χ3v) is 5.94. The van der Waals surface area contributed by atoms with Gasteiger partial charge in [0.15, 0.2) is 6.29 Å². The van der Waals surface area contributed by atoms with Crippen molar-refractivity contribution in [2.24, 2.45) is 11.8 Å². The molecular formula is C22H21F3N6O6. The Balaban J connectivity index is 1.49. The van der Waals surface area contributed by atoms with Crippen molar-refractivity contribution in [1.29, 1.82) is 0 Å². The number of nitro groups is 1. The predicted molar refractivity (Wildman–Crippen MR) is 122 cm³/mol. The molecule has 2 aromatic carbocycles. The zero-order valence-corrected chi connectivity index (χ0v) is 19.1. The van der Waals surface area contributed by atoms with Crippen molar-refractivity contribution in [2.75, 3.05) is 17.7 Å². The molecule has 4 unspecified atom stereocenters. The lowest BCUT2D eigenvalue weighted by Gasteiger charge is -2.43. The summed E-state index contributed by atoms with van der Waals surface area (Å²) in [5.74, 6) is -4.02. The number of ether oxygens (including phenoxy) is 1. The van der Waals surface area contributed by atoms with Crippen LogP contribution in [0.15, 0.2) is 42.5 Å². The number of rotatable bonds is 6. The molecule has 0 radical (unpaired) electrons. The summed E-state index contributed by atoms with van der Waals surface area (Å²) in [6.07, 6.45) is -6.93. The van der Waals surface area contributed by atoms with Crippen LogP contribution < -0.4 is 31.3 Å². The first-order valence-electron chi connectivity index (χ1n) is 10.9. The average Bonchev–Trinajstić information content (AvgIpc) is 2.83. The van der Waals surface area contributed by atoms with Crippen LogP contribution in [0, 0.1) is 22.0 Å². The van der Waals surface area contributed by atoms with E-state index in [1.165, 1.54) is 25.3 Å². The number of carbonyl (C=O) groups excluding carboxylic acids is 3. The molecule has 2 aliphatic heterocycles. The van der Waals surface area contributed by atoms with Crippen LogP contribution in [-0.2, 0) is 20.6 Å². The van der Waals surface area contributed by atoms with Gasteiger partial charge in [0.1, 0.15) is 5.75 Å². The third-order valence-electron chi connectivity index (χ3n) is 5.94. The van der Waals surface area contributed by atoms with Gasteiger partial charge in [-0.25, -0.2) is 0 Å². The largest absolute Gasteiger partial charge is 0.494 e. The Hall–Kier alpha value is -4.40. The molecule has 2 aliphatic rings. The van der Waals surface area contributed by atoms with E-state index in [1.54, 1.807) is 0 Å². The molecule has 3 amide bonds. The molecule has 0 saturated carbocycles. The average molecular weight is 522 g/mol. The Morgan fingerprint density at radius 2 is 1.92 bits per heavy atom. The Bertz CT molecular complexity index is 1260. The zero-order valence-electron chi connectivity index (χ0n) is 19.1. The number of hydrogen-bond donors (Lipinski definition) is 5. The maximum absolute atomic E-state index is 13.1. The van der Waals surface area contributed by atoms with E-state index in [4.69, 9.17) is 4.74 Å². The fourth-order valence-corrected chi connectivity index (χ4v) is 4.23. The number of nitrogens with one attached hydrogen (secondary N) is 5. The number of hydrogen-bond acceptors (Lipinski definition) is 8. The summed E-state index contributed by atoms with van der Waals surface area (Å²) in [5, 5.41) is 24.3. The number of fused-ring (bicyclic) bond motifs is 1. The molecule has 2 aromatic rings. The summed E-state index contributed by atoms with van der Waals surface area (Å²) in [6, 6.07) is 7.89. The van der Waals surface area contributed by atoms with Crippen LogP contribution in [0.4, 0.5) is 30.2 Å². The van der Waals surface area contributed by atoms with Gasteiger partial charge in [0.2, 0.25) is 17.7 Å². The summed E-state index contributed by atoms with van der Waals surface area (Å²) >= 11 is 0. The van der Waals surface area contributed by atoms with Crippen LogP contribution in [0.3, 0.4) is 0 Å². The van der Waals surface area contributed by atoms with Crippen molar-refractivity contribution in [2.45, 2.75) is 25.1 Å². The molecule has 4 atom stereocenters. The molecular weight excluding hydrogens is 501 g/mol. The minimum atomic E-state index is -4.56. The highest BCUT2D eigenvalue weighted by atomic mass is 19.4. The minimum absolute atomic E-state index is 0.0101. The Morgan fingerprint density at radius 3 is 2.59 bits per heavy atom. The standard InChI is InChI=1S/C22H21F3N6O6/c1-37-15-8-12(31(35)36)5-6-14(15)27-19(33)13-9-16(32)28-18-17(13)20(34)30-21(29-18)26-11-4-2-3-10(7-11)22(23,24)25/h2-8,13,17-18,21,26,29H,9H2,1H3,(H,27,33)(H,28,32)(H,30,34). The topological polar surface area (TPSA) is 164 Å². The second-order valence-corrected chi connectivity index (χ2v) is 8.34. The van der Waals surface area contributed by atoms with Crippen molar-refractivity contribution in [3.63, 3.8) is 0 Å². The summed E-state index contributed by atoms with van der Waals surface area (Å²) in [4.78, 5) is 48.8. The Kier molecular flexibility index (Phi) is 6.89. The number of carbonyl (C=O) groups is 3. The third kappa shape index (κ3) is 5.55. The number of nitro benzene ring substituents is 1. The molecule has 2 fully saturated rings. The number of halogens is 3. The monoisotopic (exact) mass is 522 g/mol. The summed E-state index contributed by atoms with van der Waals surface area (Å²) in [5.41, 5.74) is -0.981. The first-order valence-corrected chi connectivity index (χ1v) is 10.9. The number of methoxy groups -OCH3 is 1. The van der Waals surface area contributed by atoms with Crippen LogP contribution in [0.5, 0.6) is 5.75 Å². The van der Waals surface area contributed by atoms with Crippen molar-refractivity contribution in [3.05, 3.63) is 58.1 Å². The van der Waals surface area contributed by atoms with E-state index in [0.717, 1.165) is 24.3 Å². The van der Waals surface area contributed by atoms with Gasteiger partial charge in [0.05, 0.1) is 47.4 Å². The lowest BCUT2D eigenvalue weighted by atomic mass is 9.81. The van der Waals surface area contributed by atoms with Crippen molar-refractivity contribution in [1.82, 2.24) is 16.0 Å². The van der Waals surface area contributed by atoms with Crippen molar-refractivity contribution in [3.8, 4) is 5.75 Å². The maximum atomic E-state index is 13.1. The van der Waals surface area contributed by atoms with E-state index in [1.807, 2.05) is 0 Å². The Labute approximate surface area is 207 Å². The lowest BCUT2D eigenvalue weighted by molar-refractivity contribution is -0.384. The second-order valence-electron chi connectivity index (χ2n) is 8.34. The quantitative estimate of drug-likeness (QED) is 0.283. The molecule has 15 heteroatoms. The van der Waals surface area contributed by atoms with Gasteiger partial charge in [-0.1, -0.05) is 6.07 Å². The molecule has 5 N–H and O–H groups in total. The Morgan fingerprint density at radius 1 is 1.16 bits per heavy atom. The van der Waals surface area contributed by atoms with Gasteiger partial charge in [-0.05, 0) is 24.3 Å². The summed E-state index contributed by atoms with van der Waals surface area (Å²) in [7, 11) is 1.26. The van der Waals surface area contributed by atoms with Gasteiger partial charge >= 0.3 is 6.18 Å². The van der Waals surface area contributed by atoms with E-state index in [0.29, 0.717) is 0 Å². The summed E-state index contributed by atoms with van der Waals surface area (Å²) < 4.78 is 44.1. The molecule has 12 nitrogen and oxygen atoms in total. The highest BCUT2D eigenvalue weighted by Crippen LogP contribution is 2.33. The first-order chi connectivity index (χ1) is 17.5. The van der Waals surface area contributed by atoms with Crippen molar-refractivity contribution >= 4 is 34.8 Å². The smallest absolute Gasteiger partial charge is 0.416 e. The van der Waals surface area contributed by atoms with Gasteiger partial charge in [-0.15, -0.1) is 0 Å². The lowest BCUT2D eigenvalue weighted by Crippen LogP contribution is -2.72. The van der Waals surface area contributed by atoms with Gasteiger partial charge in [0.25, 0.3) is 5.69 Å². The number of non-ortho nitro benzene ring substituents is 1. The number of anilines is 2. The first kappa shape index (κ1) is 25.7. The van der Waals surface area contributed by atoms with Gasteiger partial charge in [0, 0.05) is 18.2 Å². The fraction of sp³-hybridized carbons (Fsp3) is 0.318. The van der Waals surface area contributed by atoms with Crippen LogP contribution in [0.1, 0.15) is 12.0 Å². The van der Waals surface area contributed by atoms with Gasteiger partial charge in [-0.3, -0.25) is 29.8 Å². The molecule has 0 bridgehead atoms. The number of benzene rings is 2. The predicted octanol–water partition coefficient (Wildman–Crippen LogP) is 1.75. The zero-order chi connectivity index (χ0) is 26.9. The molecule has 0 aromatic heterocycles. The molecule has 37 heavy (non-hydrogen) atoms. The van der Waals surface area contributed by atoms with Crippen molar-refractivity contribution < 1.29 is 37.2 Å². The van der Waals surface area contributed by atoms with Gasteiger partial charge < -0.3 is 26.0 Å². The van der Waals surface area contributed by atoms with Crippen LogP contribution in [-0.4, -0.2) is 42.2 Å². The molecule has 2 heterocycles. The number of amides is 3. The van der Waals surface area contributed by atoms with Crippen LogP contribution in [0.2, 0.25) is 0 Å². The molecule has 0 aliphatic carbocycles. The van der Waals surface area contributed by atoms with Crippen LogP contribution >= 0.6 is 0 Å². The highest BCUT2D eigenvalue weighted by Gasteiger charge is 2.48. The molecule has 0 spiro atoms. The van der Waals surface area contributed by atoms with E-state index in [9.17, 15) is 37.7 Å². The van der Waals surface area contributed by atoms with E-state index < -0.39 is 58.7 Å². The molecule has 4 rings (SSSR count). The second kappa shape index (κ2) is 9.93. The number of alkyl halides is 3. The van der Waals surface area contributed by atoms with Gasteiger partial charge in [-0.2, -0.15) is 13.2 Å². The van der Waals surface area contributed by atoms with E-state index >= 15 is 0 Å². The maximum Gasteiger partial charge on any atom is 0.416 e. The molecule has 2 saturated heterocycles. The SMILES string of the molecule is COc1cc([N+](=O)[O-])ccc1NC(=O)C1CC(=O)NC2NC(Nc3cccc(C(F)(F)F)c3)NC(=O)C21. The van der Waals surface area contributed by atoms with E-state index in [-0.39, 0.29) is 29.2 Å². The normalized spacial score (nSPS) is 23.2. The number of piperidine rings is 1. The highest BCUT2D eigenvalue weighted by molar-refractivity contribution is 6.01. The molecule has 196 valence electrons. The fourth-order valence-electron chi connectivity index (χ4n) is 4.23. The van der Waals surface area contributed by atoms with E-state index in [2.05, 4.69) is 26.6 Å².